The third-order valence-electron chi connectivity index (χ3n) is 3.91. The minimum Gasteiger partial charge on any atom is -0.467 e. The molecule has 6 heteroatoms. The Bertz CT molecular complexity index is 432. The van der Waals surface area contributed by atoms with E-state index in [1.54, 1.807) is 7.11 Å². The molecule has 1 aromatic heterocycles. The van der Waals surface area contributed by atoms with Gasteiger partial charge in [0.1, 0.15) is 0 Å². The van der Waals surface area contributed by atoms with Crippen molar-refractivity contribution in [2.45, 2.75) is 46.0 Å². The molecular formula is C15H27N5O. The molecule has 1 saturated heterocycles. The van der Waals surface area contributed by atoms with Gasteiger partial charge in [-0.3, -0.25) is 0 Å². The number of hydrogen-bond acceptors (Lipinski definition) is 6. The highest BCUT2D eigenvalue weighted by Gasteiger charge is 2.21. The molecule has 0 aliphatic carbocycles. The van der Waals surface area contributed by atoms with Crippen molar-refractivity contribution in [3.63, 3.8) is 0 Å². The molecule has 2 rings (SSSR count). The third kappa shape index (κ3) is 4.44. The van der Waals surface area contributed by atoms with Gasteiger partial charge in [-0.1, -0.05) is 26.7 Å². The van der Waals surface area contributed by atoms with Crippen LogP contribution in [-0.2, 0) is 0 Å². The maximum Gasteiger partial charge on any atom is 0.322 e. The molecule has 21 heavy (non-hydrogen) atoms. The largest absolute Gasteiger partial charge is 0.467 e. The lowest BCUT2D eigenvalue weighted by Gasteiger charge is -2.32. The first-order chi connectivity index (χ1) is 10.3. The Hall–Kier alpha value is -1.59. The van der Waals surface area contributed by atoms with Gasteiger partial charge >= 0.3 is 6.01 Å². The molecular weight excluding hydrogens is 266 g/mol. The lowest BCUT2D eigenvalue weighted by molar-refractivity contribution is 0.366. The van der Waals surface area contributed by atoms with Crippen molar-refractivity contribution in [3.8, 4) is 6.01 Å². The van der Waals surface area contributed by atoms with Crippen LogP contribution in [0.2, 0.25) is 0 Å². The Morgan fingerprint density at radius 2 is 1.90 bits per heavy atom. The van der Waals surface area contributed by atoms with Crippen molar-refractivity contribution in [1.29, 1.82) is 0 Å². The topological polar surface area (TPSA) is 63.2 Å². The van der Waals surface area contributed by atoms with Crippen LogP contribution in [0.1, 0.15) is 46.0 Å². The summed E-state index contributed by atoms with van der Waals surface area (Å²) in [5.74, 6) is 2.19. The lowest BCUT2D eigenvalue weighted by Crippen LogP contribution is -2.35. The second-order valence-corrected chi connectivity index (χ2v) is 5.59. The van der Waals surface area contributed by atoms with Crippen molar-refractivity contribution in [2.75, 3.05) is 37.0 Å². The number of nitrogens with one attached hydrogen (secondary N) is 1. The summed E-state index contributed by atoms with van der Waals surface area (Å²) >= 11 is 0. The number of aromatic nitrogens is 3. The van der Waals surface area contributed by atoms with Crippen LogP contribution >= 0.6 is 0 Å². The quantitative estimate of drug-likeness (QED) is 0.834. The molecule has 2 heterocycles. The summed E-state index contributed by atoms with van der Waals surface area (Å²) in [5, 5.41) is 3.21. The molecule has 1 aliphatic heterocycles. The van der Waals surface area contributed by atoms with Crippen molar-refractivity contribution < 1.29 is 4.74 Å². The Kier molecular flexibility index (Phi) is 6.02. The van der Waals surface area contributed by atoms with Crippen LogP contribution in [0.5, 0.6) is 6.01 Å². The first kappa shape index (κ1) is 15.8. The fourth-order valence-electron chi connectivity index (χ4n) is 2.72. The average molecular weight is 293 g/mol. The Morgan fingerprint density at radius 1 is 1.14 bits per heavy atom. The van der Waals surface area contributed by atoms with Gasteiger partial charge in [0.25, 0.3) is 0 Å². The fourth-order valence-corrected chi connectivity index (χ4v) is 2.72. The molecule has 0 aromatic carbocycles. The summed E-state index contributed by atoms with van der Waals surface area (Å²) in [6.45, 7) is 7.26. The molecule has 0 unspecified atom stereocenters. The van der Waals surface area contributed by atoms with Crippen molar-refractivity contribution in [2.24, 2.45) is 5.92 Å². The first-order valence-corrected chi connectivity index (χ1v) is 8.05. The van der Waals surface area contributed by atoms with E-state index in [4.69, 9.17) is 4.74 Å². The second-order valence-electron chi connectivity index (χ2n) is 5.59. The zero-order chi connectivity index (χ0) is 15.1. The monoisotopic (exact) mass is 293 g/mol. The Labute approximate surface area is 127 Å². The van der Waals surface area contributed by atoms with Gasteiger partial charge in [-0.25, -0.2) is 0 Å². The number of nitrogens with zero attached hydrogens (tertiary/aromatic N) is 4. The zero-order valence-electron chi connectivity index (χ0n) is 13.4. The van der Waals surface area contributed by atoms with Gasteiger partial charge in [0.05, 0.1) is 7.11 Å². The number of rotatable bonds is 7. The van der Waals surface area contributed by atoms with E-state index < -0.39 is 0 Å². The molecule has 1 aromatic rings. The van der Waals surface area contributed by atoms with Crippen LogP contribution in [0.4, 0.5) is 11.9 Å². The number of ether oxygens (including phenoxy) is 1. The van der Waals surface area contributed by atoms with E-state index >= 15 is 0 Å². The highest BCUT2D eigenvalue weighted by molar-refractivity contribution is 5.38. The summed E-state index contributed by atoms with van der Waals surface area (Å²) in [5.41, 5.74) is 0. The molecule has 1 fully saturated rings. The third-order valence-corrected chi connectivity index (χ3v) is 3.91. The maximum atomic E-state index is 5.20. The molecule has 0 amide bonds. The van der Waals surface area contributed by atoms with Gasteiger partial charge in [-0.05, 0) is 25.2 Å². The van der Waals surface area contributed by atoms with Gasteiger partial charge in [-0.2, -0.15) is 15.0 Å². The molecule has 1 aliphatic rings. The van der Waals surface area contributed by atoms with Crippen LogP contribution in [0.3, 0.4) is 0 Å². The molecule has 118 valence electrons. The molecule has 0 radical (unpaired) electrons. The average Bonchev–Trinajstić information content (AvgIpc) is 2.53. The Balaban J connectivity index is 2.04. The SMILES string of the molecule is CCCNc1nc(OC)nc(N2CCC(CCC)CC2)n1. The summed E-state index contributed by atoms with van der Waals surface area (Å²) in [7, 11) is 1.59. The van der Waals surface area contributed by atoms with Crippen LogP contribution in [-0.4, -0.2) is 41.7 Å². The normalized spacial score (nSPS) is 16.0. The first-order valence-electron chi connectivity index (χ1n) is 8.05. The van der Waals surface area contributed by atoms with Crippen LogP contribution in [0, 0.1) is 5.92 Å². The standard InChI is InChI=1S/C15H27N5O/c1-4-6-12-7-10-20(11-8-12)14-17-13(16-9-5-2)18-15(19-14)21-3/h12H,4-11H2,1-3H3,(H,16,17,18,19). The van der Waals surface area contributed by atoms with E-state index in [9.17, 15) is 0 Å². The molecule has 0 atom stereocenters. The minimum absolute atomic E-state index is 0.384. The summed E-state index contributed by atoms with van der Waals surface area (Å²) in [6, 6.07) is 0.384. The summed E-state index contributed by atoms with van der Waals surface area (Å²) < 4.78 is 5.20. The van der Waals surface area contributed by atoms with Gasteiger partial charge in [0.15, 0.2) is 0 Å². The van der Waals surface area contributed by atoms with E-state index in [2.05, 4.69) is 39.0 Å². The number of anilines is 2. The highest BCUT2D eigenvalue weighted by atomic mass is 16.5. The van der Waals surface area contributed by atoms with E-state index in [1.165, 1.54) is 25.7 Å². The van der Waals surface area contributed by atoms with Crippen LogP contribution < -0.4 is 15.0 Å². The van der Waals surface area contributed by atoms with Crippen molar-refractivity contribution in [3.05, 3.63) is 0 Å². The molecule has 0 saturated carbocycles. The number of hydrogen-bond donors (Lipinski definition) is 1. The zero-order valence-corrected chi connectivity index (χ0v) is 13.4. The van der Waals surface area contributed by atoms with Crippen LogP contribution in [0.25, 0.3) is 0 Å². The van der Waals surface area contributed by atoms with E-state index in [0.717, 1.165) is 37.9 Å². The molecule has 0 spiro atoms. The predicted octanol–water partition coefficient (Wildman–Crippen LogP) is 2.72. The maximum absolute atomic E-state index is 5.20. The molecule has 1 N–H and O–H groups in total. The van der Waals surface area contributed by atoms with Gasteiger partial charge < -0.3 is 15.0 Å². The predicted molar refractivity (Wildman–Crippen MR) is 85.0 cm³/mol. The van der Waals surface area contributed by atoms with E-state index in [-0.39, 0.29) is 0 Å². The van der Waals surface area contributed by atoms with Gasteiger partial charge in [-0.15, -0.1) is 0 Å². The van der Waals surface area contributed by atoms with Crippen molar-refractivity contribution in [1.82, 2.24) is 15.0 Å². The smallest absolute Gasteiger partial charge is 0.322 e. The summed E-state index contributed by atoms with van der Waals surface area (Å²) in [4.78, 5) is 15.4. The second kappa shape index (κ2) is 8.00. The van der Waals surface area contributed by atoms with Crippen LogP contribution in [0.15, 0.2) is 0 Å². The van der Waals surface area contributed by atoms with Crippen molar-refractivity contribution >= 4 is 11.9 Å². The number of methoxy groups -OCH3 is 1. The van der Waals surface area contributed by atoms with Gasteiger partial charge in [0, 0.05) is 19.6 Å². The molecule has 0 bridgehead atoms. The minimum atomic E-state index is 0.384. The van der Waals surface area contributed by atoms with E-state index in [0.29, 0.717) is 12.0 Å². The van der Waals surface area contributed by atoms with E-state index in [1.807, 2.05) is 0 Å². The number of piperidine rings is 1. The highest BCUT2D eigenvalue weighted by Crippen LogP contribution is 2.25. The lowest BCUT2D eigenvalue weighted by atomic mass is 9.93. The fraction of sp³-hybridized carbons (Fsp3) is 0.800. The summed E-state index contributed by atoms with van der Waals surface area (Å²) in [6.07, 6.45) is 6.08. The van der Waals surface area contributed by atoms with Gasteiger partial charge in [0.2, 0.25) is 11.9 Å². The molecule has 6 nitrogen and oxygen atoms in total. The Morgan fingerprint density at radius 3 is 2.52 bits per heavy atom.